The average Bonchev–Trinajstić information content (AvgIpc) is 1.85. The first-order chi connectivity index (χ1) is 4.72. The second kappa shape index (κ2) is 2.64. The van der Waals surface area contributed by atoms with Crippen LogP contribution < -0.4 is 5.72 Å². The van der Waals surface area contributed by atoms with Gasteiger partial charge in [0.1, 0.15) is 0 Å². The Morgan fingerprint density at radius 1 is 1.10 bits per heavy atom. The van der Waals surface area contributed by atoms with Gasteiger partial charge in [-0.2, -0.15) is 0 Å². The molecule has 1 rings (SSSR count). The van der Waals surface area contributed by atoms with Crippen molar-refractivity contribution in [2.45, 2.75) is 13.8 Å². The Morgan fingerprint density at radius 3 is 2.00 bits per heavy atom. The summed E-state index contributed by atoms with van der Waals surface area (Å²) in [6.07, 6.45) is 0. The quantitative estimate of drug-likeness (QED) is 0.530. The van der Waals surface area contributed by atoms with Gasteiger partial charge in [-0.05, 0) is 0 Å². The molecule has 1 heterocycles. The molecule has 1 aromatic heterocycles. The van der Waals surface area contributed by atoms with Crippen molar-refractivity contribution in [3.63, 3.8) is 0 Å². The Kier molecular flexibility index (Phi) is 1.84. The number of hydrogen-bond acceptors (Lipinski definition) is 4. The molecular formula is C5H7BN4. The van der Waals surface area contributed by atoms with Gasteiger partial charge in [0.15, 0.2) is 0 Å². The van der Waals surface area contributed by atoms with Crippen LogP contribution >= 0.6 is 0 Å². The Bertz CT molecular complexity index is 240. The minimum atomic E-state index is 0.421. The van der Waals surface area contributed by atoms with E-state index >= 15 is 0 Å². The molecule has 4 nitrogen and oxygen atoms in total. The Hall–Kier alpha value is -1.13. The van der Waals surface area contributed by atoms with Gasteiger partial charge in [-0.25, -0.2) is 0 Å². The number of aryl methyl sites for hydroxylation is 2. The summed E-state index contributed by atoms with van der Waals surface area (Å²) in [4.78, 5) is 11.7. The second-order valence-electron chi connectivity index (χ2n) is 1.93. The van der Waals surface area contributed by atoms with Gasteiger partial charge in [0.05, 0.1) is 0 Å². The van der Waals surface area contributed by atoms with Crippen molar-refractivity contribution >= 4 is 12.8 Å². The van der Waals surface area contributed by atoms with Gasteiger partial charge in [0.25, 0.3) is 0 Å². The molecule has 0 spiro atoms. The van der Waals surface area contributed by atoms with Crippen LogP contribution in [-0.2, 0) is 0 Å². The van der Waals surface area contributed by atoms with E-state index in [4.69, 9.17) is 5.31 Å². The van der Waals surface area contributed by atoms with Crippen LogP contribution in [0.4, 0.5) is 0 Å². The van der Waals surface area contributed by atoms with E-state index in [1.54, 1.807) is 13.8 Å². The van der Waals surface area contributed by atoms with E-state index < -0.39 is 0 Å². The molecule has 0 aliphatic carbocycles. The summed E-state index contributed by atoms with van der Waals surface area (Å²) >= 11 is 0. The summed E-state index contributed by atoms with van der Waals surface area (Å²) in [7, 11) is 1.11. The van der Waals surface area contributed by atoms with E-state index in [1.807, 2.05) is 0 Å². The molecule has 0 unspecified atom stereocenters. The van der Waals surface area contributed by atoms with Gasteiger partial charge in [-0.1, -0.05) is 0 Å². The number of hydrogen-bond donors (Lipinski definition) is 1. The summed E-state index contributed by atoms with van der Waals surface area (Å²) < 4.78 is 0. The monoisotopic (exact) mass is 134 g/mol. The molecule has 0 bridgehead atoms. The zero-order chi connectivity index (χ0) is 7.56. The van der Waals surface area contributed by atoms with Crippen LogP contribution in [0.3, 0.4) is 0 Å². The number of rotatable bonds is 1. The molecule has 0 saturated carbocycles. The van der Waals surface area contributed by atoms with E-state index in [9.17, 15) is 0 Å². The van der Waals surface area contributed by atoms with Crippen LogP contribution in [0.2, 0.25) is 0 Å². The molecular weight excluding hydrogens is 127 g/mol. The van der Waals surface area contributed by atoms with Gasteiger partial charge in [-0.3, -0.25) is 0 Å². The molecule has 0 amide bonds. The molecule has 1 aromatic rings. The minimum absolute atomic E-state index is 0.421. The summed E-state index contributed by atoms with van der Waals surface area (Å²) in [5.74, 6) is 1.32. The fraction of sp³-hybridized carbons (Fsp3) is 0.400. The van der Waals surface area contributed by atoms with Gasteiger partial charge >= 0.3 is 58.6 Å². The summed E-state index contributed by atoms with van der Waals surface area (Å²) in [6, 6.07) is 0. The van der Waals surface area contributed by atoms with E-state index in [0.29, 0.717) is 17.4 Å². The van der Waals surface area contributed by atoms with Crippen molar-refractivity contribution in [1.82, 2.24) is 15.0 Å². The molecule has 1 N–H and O–H groups in total. The van der Waals surface area contributed by atoms with Crippen LogP contribution in [0.15, 0.2) is 0 Å². The van der Waals surface area contributed by atoms with Crippen molar-refractivity contribution in [3.8, 4) is 0 Å². The predicted molar refractivity (Wildman–Crippen MR) is 37.4 cm³/mol. The Labute approximate surface area is 59.5 Å². The molecule has 0 aromatic carbocycles. The fourth-order valence-electron chi connectivity index (χ4n) is 0.705. The topological polar surface area (TPSA) is 62.5 Å². The number of aromatic nitrogens is 3. The molecule has 10 heavy (non-hydrogen) atoms. The van der Waals surface area contributed by atoms with Gasteiger partial charge in [-0.15, -0.1) is 0 Å². The third kappa shape index (κ3) is 1.43. The number of nitrogens with zero attached hydrogens (tertiary/aromatic N) is 3. The van der Waals surface area contributed by atoms with Crippen molar-refractivity contribution in [3.05, 3.63) is 11.6 Å². The Morgan fingerprint density at radius 2 is 1.60 bits per heavy atom. The summed E-state index contributed by atoms with van der Waals surface area (Å²) in [5.41, 5.74) is 0.421. The molecule has 0 aliphatic heterocycles. The fourth-order valence-corrected chi connectivity index (χ4v) is 0.705. The first-order valence-electron chi connectivity index (χ1n) is 2.92. The third-order valence-corrected chi connectivity index (χ3v) is 1.01. The SMILES string of the molecule is Cc1nc(C)nc(B=N)n1. The van der Waals surface area contributed by atoms with E-state index in [0.717, 1.165) is 7.07 Å². The van der Waals surface area contributed by atoms with E-state index in [-0.39, 0.29) is 0 Å². The van der Waals surface area contributed by atoms with Crippen molar-refractivity contribution < 1.29 is 0 Å². The molecule has 0 saturated heterocycles. The third-order valence-electron chi connectivity index (χ3n) is 1.01. The maximum atomic E-state index is 6.86. The Balaban J connectivity index is 3.18. The zero-order valence-corrected chi connectivity index (χ0v) is 5.92. The summed E-state index contributed by atoms with van der Waals surface area (Å²) in [5, 5.41) is 6.86. The molecule has 0 atom stereocenters. The van der Waals surface area contributed by atoms with Crippen LogP contribution in [-0.4, -0.2) is 22.0 Å². The van der Waals surface area contributed by atoms with Crippen LogP contribution in [0.5, 0.6) is 0 Å². The van der Waals surface area contributed by atoms with Gasteiger partial charge < -0.3 is 0 Å². The average molecular weight is 134 g/mol. The molecule has 0 aliphatic rings. The van der Waals surface area contributed by atoms with Crippen molar-refractivity contribution in [2.24, 2.45) is 0 Å². The first-order valence-corrected chi connectivity index (χ1v) is 2.92. The van der Waals surface area contributed by atoms with E-state index in [2.05, 4.69) is 15.0 Å². The van der Waals surface area contributed by atoms with Gasteiger partial charge in [0, 0.05) is 0 Å². The van der Waals surface area contributed by atoms with Crippen molar-refractivity contribution in [1.29, 1.82) is 5.31 Å². The zero-order valence-electron chi connectivity index (χ0n) is 5.92. The molecule has 5 heteroatoms. The molecule has 50 valence electrons. The maximum absolute atomic E-state index is 6.86. The normalized spacial score (nSPS) is 9.00. The number of nitrogens with one attached hydrogen (secondary N) is 1. The molecule has 0 radical (unpaired) electrons. The predicted octanol–water partition coefficient (Wildman–Crippen LogP) is -0.420. The van der Waals surface area contributed by atoms with Gasteiger partial charge in [0.2, 0.25) is 0 Å². The molecule has 0 fully saturated rings. The second-order valence-corrected chi connectivity index (χ2v) is 1.93. The summed E-state index contributed by atoms with van der Waals surface area (Å²) in [6.45, 7) is 3.56. The van der Waals surface area contributed by atoms with Crippen LogP contribution in [0.25, 0.3) is 0 Å². The first kappa shape index (κ1) is 6.99. The van der Waals surface area contributed by atoms with E-state index in [1.165, 1.54) is 0 Å². The standard InChI is InChI=1S/C5H7BN4/c1-3-8-4(2)10-5(6-7)9-3/h7H,1-2H3. The van der Waals surface area contributed by atoms with Crippen LogP contribution in [0, 0.1) is 19.2 Å². The van der Waals surface area contributed by atoms with Crippen LogP contribution in [0.1, 0.15) is 11.6 Å². The van der Waals surface area contributed by atoms with Crippen molar-refractivity contribution in [2.75, 3.05) is 0 Å².